The standard InChI is InChI=1S/C27H25N3O6/c1-4-35-20-10-8-19(9-11-20)30-26(33)21-12-7-18(14-22(21)27(30)34)25(32)29-28-24(31)15-36-23-13-16(2)5-6-17(23)3/h5-14,33-34H,4,15H2,1-3H3. The molecule has 1 aromatic heterocycles. The monoisotopic (exact) mass is 487 g/mol. The molecule has 184 valence electrons. The van der Waals surface area contributed by atoms with Gasteiger partial charge in [-0.2, -0.15) is 0 Å². The van der Waals surface area contributed by atoms with Gasteiger partial charge < -0.3 is 19.7 Å². The third-order valence-electron chi connectivity index (χ3n) is 5.53. The molecule has 2 N–H and O–H groups in total. The number of carbonyl (C=O) groups is 2. The first-order valence-electron chi connectivity index (χ1n) is 11.3. The molecule has 36 heavy (non-hydrogen) atoms. The van der Waals surface area contributed by atoms with E-state index in [9.17, 15) is 19.8 Å². The van der Waals surface area contributed by atoms with Gasteiger partial charge in [0.25, 0.3) is 5.91 Å². The Labute approximate surface area is 207 Å². The van der Waals surface area contributed by atoms with Crippen molar-refractivity contribution in [1.82, 2.24) is 4.57 Å². The zero-order valence-electron chi connectivity index (χ0n) is 20.1. The highest BCUT2D eigenvalue weighted by molar-refractivity contribution is 6.02. The van der Waals surface area contributed by atoms with E-state index in [0.29, 0.717) is 29.2 Å². The number of ether oxygens (including phenoxy) is 2. The average molecular weight is 488 g/mol. The van der Waals surface area contributed by atoms with Crippen LogP contribution in [0.3, 0.4) is 0 Å². The van der Waals surface area contributed by atoms with E-state index < -0.39 is 11.8 Å². The van der Waals surface area contributed by atoms with Gasteiger partial charge in [-0.1, -0.05) is 12.1 Å². The predicted octanol–water partition coefficient (Wildman–Crippen LogP) is 5.26. The largest absolute Gasteiger partial charge is 0.494 e. The number of aromatic nitrogens is 1. The molecular weight excluding hydrogens is 462 g/mol. The molecule has 0 aliphatic rings. The normalized spacial score (nSPS) is 11.2. The molecule has 9 nitrogen and oxygen atoms in total. The van der Waals surface area contributed by atoms with Gasteiger partial charge in [0.05, 0.1) is 12.3 Å². The maximum Gasteiger partial charge on any atom is 0.302 e. The zero-order valence-corrected chi connectivity index (χ0v) is 20.1. The third kappa shape index (κ3) is 5.05. The quantitative estimate of drug-likeness (QED) is 0.343. The van der Waals surface area contributed by atoms with Gasteiger partial charge in [0, 0.05) is 16.3 Å². The number of rotatable bonds is 7. The highest BCUT2D eigenvalue weighted by Gasteiger charge is 2.19. The molecule has 1 heterocycles. The molecule has 9 heteroatoms. The maximum absolute atomic E-state index is 12.5. The SMILES string of the molecule is CCOc1ccc(-n2c(O)c3ccc(C(=O)N=NC(=O)COc4cc(C)ccc4C)cc3c2O)cc1. The molecule has 0 aliphatic carbocycles. The van der Waals surface area contributed by atoms with Gasteiger partial charge in [-0.25, -0.2) is 0 Å². The number of azo groups is 1. The Bertz CT molecular complexity index is 1470. The fraction of sp³-hybridized carbons (Fsp3) is 0.185. The summed E-state index contributed by atoms with van der Waals surface area (Å²) >= 11 is 0. The number of fused-ring (bicyclic) bond motifs is 1. The van der Waals surface area contributed by atoms with Crippen LogP contribution in [0.5, 0.6) is 23.3 Å². The smallest absolute Gasteiger partial charge is 0.302 e. The lowest BCUT2D eigenvalue weighted by Gasteiger charge is -2.08. The van der Waals surface area contributed by atoms with E-state index in [2.05, 4.69) is 10.2 Å². The first kappa shape index (κ1) is 24.5. The Hall–Kier alpha value is -4.66. The number of hydrogen-bond donors (Lipinski definition) is 2. The lowest BCUT2D eigenvalue weighted by molar-refractivity contribution is -0.120. The van der Waals surface area contributed by atoms with Crippen molar-refractivity contribution >= 4 is 22.6 Å². The average Bonchev–Trinajstić information content (AvgIpc) is 3.13. The predicted molar refractivity (Wildman–Crippen MR) is 133 cm³/mol. The van der Waals surface area contributed by atoms with E-state index in [1.54, 1.807) is 24.3 Å². The van der Waals surface area contributed by atoms with Crippen LogP contribution in [0.15, 0.2) is 70.9 Å². The number of carbonyl (C=O) groups excluding carboxylic acids is 2. The van der Waals surface area contributed by atoms with E-state index in [1.807, 2.05) is 39.0 Å². The second-order valence-corrected chi connectivity index (χ2v) is 8.13. The highest BCUT2D eigenvalue weighted by atomic mass is 16.5. The van der Waals surface area contributed by atoms with Crippen LogP contribution >= 0.6 is 0 Å². The molecular formula is C27H25N3O6. The van der Waals surface area contributed by atoms with E-state index in [4.69, 9.17) is 9.47 Å². The Balaban J connectivity index is 1.51. The van der Waals surface area contributed by atoms with Gasteiger partial charge in [0.15, 0.2) is 6.61 Å². The molecule has 4 aromatic rings. The molecule has 2 amide bonds. The van der Waals surface area contributed by atoms with Crippen molar-refractivity contribution in [3.05, 3.63) is 77.4 Å². The summed E-state index contributed by atoms with van der Waals surface area (Å²) in [5.74, 6) is -0.716. The van der Waals surface area contributed by atoms with Crippen LogP contribution in [0, 0.1) is 13.8 Å². The molecule has 0 atom stereocenters. The van der Waals surface area contributed by atoms with Crippen LogP contribution in [-0.4, -0.2) is 39.8 Å². The van der Waals surface area contributed by atoms with Gasteiger partial charge in [0.1, 0.15) is 11.5 Å². The molecule has 0 spiro atoms. The molecule has 0 aliphatic heterocycles. The summed E-state index contributed by atoms with van der Waals surface area (Å²) in [6.07, 6.45) is 0. The van der Waals surface area contributed by atoms with Gasteiger partial charge in [-0.3, -0.25) is 14.2 Å². The summed E-state index contributed by atoms with van der Waals surface area (Å²) in [6.45, 7) is 5.80. The van der Waals surface area contributed by atoms with Gasteiger partial charge in [0.2, 0.25) is 11.8 Å². The van der Waals surface area contributed by atoms with Crippen molar-refractivity contribution < 1.29 is 29.3 Å². The first-order valence-corrected chi connectivity index (χ1v) is 11.3. The lowest BCUT2D eigenvalue weighted by Crippen LogP contribution is -2.09. The van der Waals surface area contributed by atoms with Crippen molar-refractivity contribution in [3.8, 4) is 28.9 Å². The fourth-order valence-corrected chi connectivity index (χ4v) is 3.69. The minimum atomic E-state index is -0.773. The summed E-state index contributed by atoms with van der Waals surface area (Å²) in [4.78, 5) is 24.6. The minimum Gasteiger partial charge on any atom is -0.494 e. The second-order valence-electron chi connectivity index (χ2n) is 8.13. The van der Waals surface area contributed by atoms with Crippen molar-refractivity contribution in [2.45, 2.75) is 20.8 Å². The highest BCUT2D eigenvalue weighted by Crippen LogP contribution is 2.39. The summed E-state index contributed by atoms with van der Waals surface area (Å²) in [5, 5.41) is 29.0. The van der Waals surface area contributed by atoms with Gasteiger partial charge in [-0.05, 0) is 80.4 Å². The molecule has 0 bridgehead atoms. The molecule has 0 unspecified atom stereocenters. The van der Waals surface area contributed by atoms with Crippen LogP contribution in [0.1, 0.15) is 28.4 Å². The molecule has 3 aromatic carbocycles. The van der Waals surface area contributed by atoms with Crippen LogP contribution < -0.4 is 9.47 Å². The number of aromatic hydroxyl groups is 2. The van der Waals surface area contributed by atoms with Crippen molar-refractivity contribution in [2.75, 3.05) is 13.2 Å². The number of amides is 2. The van der Waals surface area contributed by atoms with E-state index >= 15 is 0 Å². The lowest BCUT2D eigenvalue weighted by atomic mass is 10.1. The molecule has 0 fully saturated rings. The van der Waals surface area contributed by atoms with Gasteiger partial charge in [-0.15, -0.1) is 10.2 Å². The Morgan fingerprint density at radius 1 is 0.861 bits per heavy atom. The summed E-state index contributed by atoms with van der Waals surface area (Å²) in [6, 6.07) is 16.7. The summed E-state index contributed by atoms with van der Waals surface area (Å²) in [5.41, 5.74) is 2.45. The summed E-state index contributed by atoms with van der Waals surface area (Å²) < 4.78 is 12.2. The van der Waals surface area contributed by atoms with Gasteiger partial charge >= 0.3 is 5.91 Å². The van der Waals surface area contributed by atoms with Crippen LogP contribution in [0.4, 0.5) is 0 Å². The second kappa shape index (κ2) is 10.3. The number of hydrogen-bond acceptors (Lipinski definition) is 6. The summed E-state index contributed by atoms with van der Waals surface area (Å²) in [7, 11) is 0. The van der Waals surface area contributed by atoms with Crippen molar-refractivity contribution in [3.63, 3.8) is 0 Å². The molecule has 0 radical (unpaired) electrons. The topological polar surface area (TPSA) is 123 Å². The number of nitrogens with zero attached hydrogens (tertiary/aromatic N) is 3. The van der Waals surface area contributed by atoms with Crippen molar-refractivity contribution in [1.29, 1.82) is 0 Å². The Morgan fingerprint density at radius 2 is 1.58 bits per heavy atom. The van der Waals surface area contributed by atoms with Crippen LogP contribution in [0.25, 0.3) is 16.5 Å². The zero-order chi connectivity index (χ0) is 25.8. The third-order valence-corrected chi connectivity index (χ3v) is 5.53. The Kier molecular flexibility index (Phi) is 7.00. The fourth-order valence-electron chi connectivity index (χ4n) is 3.69. The minimum absolute atomic E-state index is 0.0913. The Morgan fingerprint density at radius 3 is 2.31 bits per heavy atom. The van der Waals surface area contributed by atoms with E-state index in [1.165, 1.54) is 22.8 Å². The molecule has 0 saturated heterocycles. The van der Waals surface area contributed by atoms with Crippen LogP contribution in [-0.2, 0) is 4.79 Å². The van der Waals surface area contributed by atoms with Crippen LogP contribution in [0.2, 0.25) is 0 Å². The first-order chi connectivity index (χ1) is 17.3. The van der Waals surface area contributed by atoms with E-state index in [0.717, 1.165) is 11.1 Å². The molecule has 0 saturated carbocycles. The maximum atomic E-state index is 12.5. The number of aryl methyl sites for hydroxylation is 2. The molecule has 4 rings (SSSR count). The van der Waals surface area contributed by atoms with E-state index in [-0.39, 0.29) is 29.3 Å². The number of benzene rings is 3. The van der Waals surface area contributed by atoms with Crippen molar-refractivity contribution in [2.24, 2.45) is 10.2 Å².